The maximum Gasteiger partial charge on any atom is 0.259 e. The van der Waals surface area contributed by atoms with E-state index in [1.165, 1.54) is 15.3 Å². The molecule has 5 nitrogen and oxygen atoms in total. The molecule has 1 saturated heterocycles. The number of fused-ring (bicyclic) bond motifs is 3. The maximum absolute atomic E-state index is 13.1. The monoisotopic (exact) mass is 443 g/mol. The first-order valence-electron chi connectivity index (χ1n) is 11.0. The van der Waals surface area contributed by atoms with Crippen molar-refractivity contribution in [2.45, 2.75) is 64.6 Å². The van der Waals surface area contributed by atoms with E-state index in [1.807, 2.05) is 0 Å². The van der Waals surface area contributed by atoms with Crippen LogP contribution in [0.1, 0.15) is 60.3 Å². The van der Waals surface area contributed by atoms with Crippen LogP contribution in [0.15, 0.2) is 22.3 Å². The first kappa shape index (κ1) is 20.4. The van der Waals surface area contributed by atoms with Gasteiger partial charge in [0, 0.05) is 29.5 Å². The molecule has 1 N–H and O–H groups in total. The largest absolute Gasteiger partial charge is 0.377 e. The van der Waals surface area contributed by atoms with Crippen LogP contribution >= 0.6 is 22.7 Å². The van der Waals surface area contributed by atoms with Crippen molar-refractivity contribution >= 4 is 32.9 Å². The third kappa shape index (κ3) is 4.00. The molecule has 4 heterocycles. The van der Waals surface area contributed by atoms with Gasteiger partial charge in [0.2, 0.25) is 0 Å². The highest BCUT2D eigenvalue weighted by atomic mass is 32.1. The van der Waals surface area contributed by atoms with Crippen molar-refractivity contribution in [1.82, 2.24) is 14.9 Å². The number of hydrogen-bond donors (Lipinski definition) is 1. The molecule has 0 saturated carbocycles. The lowest BCUT2D eigenvalue weighted by Crippen LogP contribution is -2.35. The first-order valence-corrected chi connectivity index (χ1v) is 12.7. The number of nitrogens with one attached hydrogen (secondary N) is 1. The number of nitrogens with zero attached hydrogens (tertiary/aromatic N) is 2. The van der Waals surface area contributed by atoms with E-state index in [0.29, 0.717) is 5.92 Å². The molecule has 2 aliphatic rings. The summed E-state index contributed by atoms with van der Waals surface area (Å²) in [6.45, 7) is 7.01. The van der Waals surface area contributed by atoms with Crippen molar-refractivity contribution in [3.05, 3.63) is 49.0 Å². The molecule has 1 aliphatic carbocycles. The van der Waals surface area contributed by atoms with Gasteiger partial charge < -0.3 is 9.72 Å². The number of hydrogen-bond acceptors (Lipinski definition) is 6. The normalized spacial score (nSPS) is 22.6. The smallest absolute Gasteiger partial charge is 0.259 e. The summed E-state index contributed by atoms with van der Waals surface area (Å²) < 4.78 is 5.92. The van der Waals surface area contributed by atoms with Crippen LogP contribution in [0.25, 0.3) is 10.2 Å². The molecule has 3 aromatic heterocycles. The lowest BCUT2D eigenvalue weighted by Gasteiger charge is -2.30. The summed E-state index contributed by atoms with van der Waals surface area (Å²) in [7, 11) is 0. The van der Waals surface area contributed by atoms with Crippen LogP contribution in [-0.4, -0.2) is 34.1 Å². The summed E-state index contributed by atoms with van der Waals surface area (Å²) >= 11 is 3.50. The average Bonchev–Trinajstić information content (AvgIpc) is 3.47. The van der Waals surface area contributed by atoms with Crippen LogP contribution in [0.5, 0.6) is 0 Å². The number of thiophene rings is 2. The van der Waals surface area contributed by atoms with Gasteiger partial charge in [-0.15, -0.1) is 22.7 Å². The van der Waals surface area contributed by atoms with Crippen molar-refractivity contribution in [2.75, 3.05) is 13.2 Å². The lowest BCUT2D eigenvalue weighted by molar-refractivity contribution is 0.0550. The molecule has 0 amide bonds. The van der Waals surface area contributed by atoms with Crippen LogP contribution in [0.2, 0.25) is 0 Å². The van der Waals surface area contributed by atoms with Gasteiger partial charge in [-0.25, -0.2) is 4.98 Å². The number of aromatic nitrogens is 2. The molecule has 0 aromatic carbocycles. The molecule has 1 fully saturated rings. The Balaban J connectivity index is 1.47. The van der Waals surface area contributed by atoms with Gasteiger partial charge in [0.25, 0.3) is 5.56 Å². The molecular formula is C23H29N3O2S2. The number of H-pyrrole nitrogens is 1. The summed E-state index contributed by atoms with van der Waals surface area (Å²) in [5.41, 5.74) is 1.28. The van der Waals surface area contributed by atoms with Gasteiger partial charge in [-0.3, -0.25) is 9.69 Å². The Morgan fingerprint density at radius 3 is 3.07 bits per heavy atom. The quantitative estimate of drug-likeness (QED) is 0.588. The fourth-order valence-corrected chi connectivity index (χ4v) is 6.87. The molecule has 3 atom stereocenters. The van der Waals surface area contributed by atoms with E-state index in [2.05, 4.69) is 41.2 Å². The maximum atomic E-state index is 13.1. The highest BCUT2D eigenvalue weighted by molar-refractivity contribution is 7.18. The van der Waals surface area contributed by atoms with Crippen LogP contribution in [0.3, 0.4) is 0 Å². The van der Waals surface area contributed by atoms with E-state index in [4.69, 9.17) is 9.72 Å². The zero-order valence-corrected chi connectivity index (χ0v) is 19.3. The molecule has 0 spiro atoms. The minimum absolute atomic E-state index is 0.0199. The predicted molar refractivity (Wildman–Crippen MR) is 124 cm³/mol. The molecule has 0 radical (unpaired) electrons. The number of aromatic amines is 1. The molecule has 160 valence electrons. The van der Waals surface area contributed by atoms with Gasteiger partial charge in [-0.1, -0.05) is 13.0 Å². The van der Waals surface area contributed by atoms with Gasteiger partial charge in [0.05, 0.1) is 17.5 Å². The van der Waals surface area contributed by atoms with Crippen molar-refractivity contribution < 1.29 is 4.74 Å². The molecule has 0 bridgehead atoms. The van der Waals surface area contributed by atoms with E-state index < -0.39 is 0 Å². The minimum Gasteiger partial charge on any atom is -0.377 e. The van der Waals surface area contributed by atoms with Gasteiger partial charge in [0.15, 0.2) is 0 Å². The Hall–Kier alpha value is -1.54. The molecule has 3 aromatic rings. The second-order valence-corrected chi connectivity index (χ2v) is 10.9. The first-order chi connectivity index (χ1) is 14.6. The molecule has 3 unspecified atom stereocenters. The van der Waals surface area contributed by atoms with E-state index in [1.54, 1.807) is 22.7 Å². The Bertz CT molecular complexity index is 1070. The van der Waals surface area contributed by atoms with Crippen molar-refractivity contribution in [2.24, 2.45) is 5.92 Å². The third-order valence-electron chi connectivity index (χ3n) is 6.53. The Kier molecular flexibility index (Phi) is 5.79. The molecular weight excluding hydrogens is 414 g/mol. The standard InChI is InChI=1S/C23H29N3O2S2/c1-14-7-8-18-19(11-14)30-23-20(18)22(27)24-21(25-23)15(2)26(12-16-5-3-9-28-16)13-17-6-4-10-29-17/h4,6,10,14-16H,3,5,7-9,11-13H2,1-2H3,(H,24,25,27). The van der Waals surface area contributed by atoms with Gasteiger partial charge >= 0.3 is 0 Å². The Morgan fingerprint density at radius 2 is 2.30 bits per heavy atom. The number of rotatable bonds is 6. The summed E-state index contributed by atoms with van der Waals surface area (Å²) in [6, 6.07) is 4.29. The van der Waals surface area contributed by atoms with Crippen LogP contribution in [-0.2, 0) is 24.1 Å². The molecule has 30 heavy (non-hydrogen) atoms. The SMILES string of the molecule is CC1CCc2c(sc3nc(C(C)N(Cc4cccs4)CC4CCCO4)[nH]c(=O)c23)C1. The topological polar surface area (TPSA) is 58.2 Å². The number of ether oxygens (including phenoxy) is 1. The minimum atomic E-state index is 0.0199. The van der Waals surface area contributed by atoms with E-state index >= 15 is 0 Å². The molecule has 1 aliphatic heterocycles. The average molecular weight is 444 g/mol. The van der Waals surface area contributed by atoms with Crippen molar-refractivity contribution in [3.63, 3.8) is 0 Å². The predicted octanol–water partition coefficient (Wildman–Crippen LogP) is 4.91. The third-order valence-corrected chi connectivity index (χ3v) is 8.54. The Morgan fingerprint density at radius 1 is 1.40 bits per heavy atom. The summed E-state index contributed by atoms with van der Waals surface area (Å²) in [6.07, 6.45) is 5.73. The summed E-state index contributed by atoms with van der Waals surface area (Å²) in [5.74, 6) is 1.46. The fourth-order valence-electron chi connectivity index (χ4n) is 4.75. The van der Waals surface area contributed by atoms with Crippen LogP contribution in [0.4, 0.5) is 0 Å². The van der Waals surface area contributed by atoms with Crippen LogP contribution < -0.4 is 5.56 Å². The van der Waals surface area contributed by atoms with E-state index in [-0.39, 0.29) is 17.7 Å². The fraction of sp³-hybridized carbons (Fsp3) is 0.565. The lowest BCUT2D eigenvalue weighted by atomic mass is 9.89. The molecule has 5 rings (SSSR count). The highest BCUT2D eigenvalue weighted by Crippen LogP contribution is 2.36. The van der Waals surface area contributed by atoms with Gasteiger partial charge in [-0.2, -0.15) is 0 Å². The second kappa shape index (κ2) is 8.54. The molecule has 7 heteroatoms. The van der Waals surface area contributed by atoms with E-state index in [0.717, 1.165) is 67.8 Å². The zero-order chi connectivity index (χ0) is 20.7. The van der Waals surface area contributed by atoms with Gasteiger partial charge in [0.1, 0.15) is 10.7 Å². The number of aryl methyl sites for hydroxylation is 1. The van der Waals surface area contributed by atoms with Gasteiger partial charge in [-0.05, 0) is 62.0 Å². The second-order valence-electron chi connectivity index (χ2n) is 8.80. The highest BCUT2D eigenvalue weighted by Gasteiger charge is 2.27. The summed E-state index contributed by atoms with van der Waals surface area (Å²) in [4.78, 5) is 27.2. The van der Waals surface area contributed by atoms with Crippen molar-refractivity contribution in [1.29, 1.82) is 0 Å². The zero-order valence-electron chi connectivity index (χ0n) is 17.6. The van der Waals surface area contributed by atoms with E-state index in [9.17, 15) is 4.79 Å². The van der Waals surface area contributed by atoms with Crippen LogP contribution in [0, 0.1) is 5.92 Å². The van der Waals surface area contributed by atoms with Crippen molar-refractivity contribution in [3.8, 4) is 0 Å². The Labute approximate surface area is 185 Å². The summed E-state index contributed by atoms with van der Waals surface area (Å²) in [5, 5.41) is 2.95.